The topological polar surface area (TPSA) is 365 Å². The van der Waals surface area contributed by atoms with Gasteiger partial charge in [0.05, 0.1) is 59.8 Å². The van der Waals surface area contributed by atoms with E-state index in [1.54, 1.807) is 27.7 Å². The van der Waals surface area contributed by atoms with E-state index in [0.29, 0.717) is 0 Å². The summed E-state index contributed by atoms with van der Waals surface area (Å²) in [5.74, 6) is -6.21. The second-order valence-electron chi connectivity index (χ2n) is 23.7. The first-order chi connectivity index (χ1) is 40.4. The maximum Gasteiger partial charge on any atom is 0.303 e. The van der Waals surface area contributed by atoms with Gasteiger partial charge in [-0.15, -0.1) is 0 Å². The summed E-state index contributed by atoms with van der Waals surface area (Å²) in [5.41, 5.74) is -1.56. The smallest absolute Gasteiger partial charge is 0.303 e. The lowest BCUT2D eigenvalue weighted by atomic mass is 9.75. The minimum absolute atomic E-state index is 0.0354. The van der Waals surface area contributed by atoms with E-state index in [9.17, 15) is 54.9 Å². The second-order valence-corrected chi connectivity index (χ2v) is 23.7. The first kappa shape index (κ1) is 67.1. The number of ketones is 2. The zero-order chi connectivity index (χ0) is 63.1. The molecular formula is C59H84O27. The summed E-state index contributed by atoms with van der Waals surface area (Å²) in [4.78, 5) is 65.7. The molecule has 2 aromatic carbocycles. The van der Waals surface area contributed by atoms with E-state index in [4.69, 9.17) is 71.1 Å². The number of hydrogen-bond donors (Lipinski definition) is 7. The number of esters is 3. The van der Waals surface area contributed by atoms with Crippen molar-refractivity contribution in [2.24, 2.45) is 5.92 Å². The van der Waals surface area contributed by atoms with Crippen LogP contribution in [-0.4, -0.2) is 226 Å². The molecule has 6 aliphatic rings. The highest BCUT2D eigenvalue weighted by atomic mass is 16.7. The number of carbonyl (C=O) groups is 5. The van der Waals surface area contributed by atoms with Crippen LogP contribution in [0, 0.1) is 12.8 Å². The lowest BCUT2D eigenvalue weighted by Gasteiger charge is -2.46. The molecule has 0 bridgehead atoms. The predicted molar refractivity (Wildman–Crippen MR) is 292 cm³/mol. The van der Waals surface area contributed by atoms with Gasteiger partial charge in [0.1, 0.15) is 65.6 Å². The average molecular weight is 1230 g/mol. The van der Waals surface area contributed by atoms with Crippen LogP contribution in [0.5, 0.6) is 17.2 Å². The van der Waals surface area contributed by atoms with E-state index in [1.165, 1.54) is 67.9 Å². The first-order valence-electron chi connectivity index (χ1n) is 29.1. The number of rotatable bonds is 19. The van der Waals surface area contributed by atoms with E-state index in [-0.39, 0.29) is 71.7 Å². The third-order valence-corrected chi connectivity index (χ3v) is 17.0. The quantitative estimate of drug-likeness (QED) is 0.0782. The van der Waals surface area contributed by atoms with Gasteiger partial charge < -0.3 is 107 Å². The molecule has 0 spiro atoms. The SMILES string of the molecule is CO[C@H]1[C@H](O)C[C@@H](O[C@@H]2C[C@H](Oc3cc4cc5c(c(O)c4c(O)c3C)C(=O)[C@@H](O[C@H]3C[C@H](O[C@H]4C[C@H](O[C@H]6C[C@@](C)(O)[C@@H](OC(C)=O)[C@H](C)O6)[C@H](O)[C@@H](C)O4)[C@H](O)[C@@H](C)O3)[C@H]([C@H](OC)C(=O)[C@@H](O)[C@@H](C)OC(C)=O)C5)O[C@H](C)[C@H]2OC(C)=O)O[C@@H]1C. The van der Waals surface area contributed by atoms with Crippen molar-refractivity contribution in [3.05, 3.63) is 28.8 Å². The van der Waals surface area contributed by atoms with E-state index >= 15 is 4.79 Å². The standard InChI is InChI=1S/C59H84O27/c1-22-36(82-42-20-39(55(27(6)78-42)80-30(9)61)85-40-17-35(63)54(72-12)26(5)77-40)16-33-14-32-15-34(56(73-13)53(70)50(67)25(4)74-29(8)60)57(52(69)46(32)51(68)45(33)47(22)64)86-43-19-37(48(65)24(3)76-43)83-41-18-38(49(66)23(2)75-41)84-44-21-59(11,71)58(28(7)79-44)81-31(10)62/h14,16,23-28,34-35,37-44,48-50,54-58,63-68,71H,15,17-21H2,1-13H3/t23-,24-,25-,26-,27-,28+,34+,35-,37+,38+,39-,40-,41+,42+,43+,44+,48-,49-,50+,54-,55-,56+,57+,58+,59-/m1/s1. The Balaban J connectivity index is 1.06. The van der Waals surface area contributed by atoms with Crippen LogP contribution in [0.3, 0.4) is 0 Å². The Morgan fingerprint density at radius 1 is 0.674 bits per heavy atom. The molecular weight excluding hydrogens is 1140 g/mol. The van der Waals surface area contributed by atoms with Gasteiger partial charge in [0.25, 0.3) is 0 Å². The maximum absolute atomic E-state index is 15.3. The van der Waals surface area contributed by atoms with E-state index in [2.05, 4.69) is 0 Å². The summed E-state index contributed by atoms with van der Waals surface area (Å²) in [6, 6.07) is 3.03. The summed E-state index contributed by atoms with van der Waals surface area (Å²) < 4.78 is 89.6. The molecule has 2 aromatic rings. The van der Waals surface area contributed by atoms with E-state index in [1.807, 2.05) is 0 Å². The van der Waals surface area contributed by atoms with E-state index in [0.717, 1.165) is 6.92 Å². The largest absolute Gasteiger partial charge is 0.507 e. The van der Waals surface area contributed by atoms with Gasteiger partial charge in [-0.1, -0.05) is 0 Å². The van der Waals surface area contributed by atoms with Crippen LogP contribution in [0.15, 0.2) is 12.1 Å². The molecule has 0 amide bonds. The fraction of sp³-hybridized carbons (Fsp3) is 0.746. The maximum atomic E-state index is 15.3. The van der Waals surface area contributed by atoms with Crippen molar-refractivity contribution in [3.63, 3.8) is 0 Å². The molecule has 86 heavy (non-hydrogen) atoms. The third kappa shape index (κ3) is 14.6. The van der Waals surface area contributed by atoms with Crippen LogP contribution in [0.2, 0.25) is 0 Å². The molecule has 1 aliphatic carbocycles. The molecule has 0 radical (unpaired) electrons. The van der Waals surface area contributed by atoms with Gasteiger partial charge in [0, 0.05) is 78.6 Å². The van der Waals surface area contributed by atoms with Gasteiger partial charge in [0.15, 0.2) is 55.0 Å². The number of methoxy groups -OCH3 is 2. The number of phenols is 2. The lowest BCUT2D eigenvalue weighted by molar-refractivity contribution is -0.334. The fourth-order valence-electron chi connectivity index (χ4n) is 12.7. The Labute approximate surface area is 497 Å². The Morgan fingerprint density at radius 3 is 1.78 bits per heavy atom. The highest BCUT2D eigenvalue weighted by Gasteiger charge is 2.53. The molecule has 27 heteroatoms. The second kappa shape index (κ2) is 27.5. The van der Waals surface area contributed by atoms with Crippen molar-refractivity contribution in [1.82, 2.24) is 0 Å². The van der Waals surface area contributed by atoms with Gasteiger partial charge in [-0.2, -0.15) is 0 Å². The number of aromatic hydroxyl groups is 2. The van der Waals surface area contributed by atoms with Crippen LogP contribution in [0.1, 0.15) is 123 Å². The van der Waals surface area contributed by atoms with Crippen LogP contribution < -0.4 is 4.74 Å². The molecule has 0 saturated carbocycles. The number of aliphatic hydroxyl groups is 5. The molecule has 5 aliphatic heterocycles. The summed E-state index contributed by atoms with van der Waals surface area (Å²) in [7, 11) is 2.64. The van der Waals surface area contributed by atoms with Crippen LogP contribution in [0.25, 0.3) is 10.8 Å². The highest BCUT2D eigenvalue weighted by Crippen LogP contribution is 2.48. The number of Topliss-reactive ketones (excluding diaryl/α,β-unsaturated/α-hetero) is 2. The van der Waals surface area contributed by atoms with Crippen molar-refractivity contribution < 1.29 is 131 Å². The zero-order valence-corrected chi connectivity index (χ0v) is 50.5. The van der Waals surface area contributed by atoms with Crippen molar-refractivity contribution >= 4 is 40.2 Å². The molecule has 5 saturated heterocycles. The number of phenolic OH excluding ortho intramolecular Hbond substituents is 2. The number of hydrogen-bond acceptors (Lipinski definition) is 27. The summed E-state index contributed by atoms with van der Waals surface area (Å²) >= 11 is 0. The van der Waals surface area contributed by atoms with Gasteiger partial charge in [-0.05, 0) is 84.9 Å². The summed E-state index contributed by atoms with van der Waals surface area (Å²) in [6.07, 6.45) is -26.1. The number of benzene rings is 2. The van der Waals surface area contributed by atoms with Crippen LogP contribution in [0.4, 0.5) is 0 Å². The first-order valence-corrected chi connectivity index (χ1v) is 29.1. The van der Waals surface area contributed by atoms with Crippen LogP contribution >= 0.6 is 0 Å². The fourth-order valence-corrected chi connectivity index (χ4v) is 12.7. The van der Waals surface area contributed by atoms with Crippen molar-refractivity contribution in [2.75, 3.05) is 14.2 Å². The Kier molecular flexibility index (Phi) is 21.5. The normalized spacial score (nSPS) is 38.7. The molecule has 8 rings (SSSR count). The van der Waals surface area contributed by atoms with Crippen molar-refractivity contribution in [2.45, 2.75) is 262 Å². The van der Waals surface area contributed by atoms with Gasteiger partial charge in [0.2, 0.25) is 6.29 Å². The molecule has 5 fully saturated rings. The minimum Gasteiger partial charge on any atom is -0.507 e. The minimum atomic E-state index is -1.96. The highest BCUT2D eigenvalue weighted by molar-refractivity contribution is 6.11. The zero-order valence-electron chi connectivity index (χ0n) is 50.5. The van der Waals surface area contributed by atoms with Crippen LogP contribution in [-0.2, 0) is 91.9 Å². The summed E-state index contributed by atoms with van der Waals surface area (Å²) in [6.45, 7) is 16.0. The van der Waals surface area contributed by atoms with Gasteiger partial charge in [-0.3, -0.25) is 24.0 Å². The molecule has 482 valence electrons. The molecule has 7 N–H and O–H groups in total. The van der Waals surface area contributed by atoms with E-state index < -0.39 is 194 Å². The number of carbonyl (C=O) groups excluding carboxylic acids is 5. The lowest BCUT2D eigenvalue weighted by Crippen LogP contribution is -2.59. The monoisotopic (exact) mass is 1220 g/mol. The van der Waals surface area contributed by atoms with Crippen molar-refractivity contribution in [3.8, 4) is 17.2 Å². The molecule has 27 nitrogen and oxygen atoms in total. The average Bonchev–Trinajstić information content (AvgIpc) is 0.828. The number of fused-ring (bicyclic) bond motifs is 2. The predicted octanol–water partition coefficient (Wildman–Crippen LogP) is 2.12. The molecule has 0 aromatic heterocycles. The Hall–Kier alpha value is -4.79. The number of aliphatic hydroxyl groups excluding tert-OH is 4. The van der Waals surface area contributed by atoms with Crippen molar-refractivity contribution in [1.29, 1.82) is 0 Å². The third-order valence-electron chi connectivity index (χ3n) is 17.0. The summed E-state index contributed by atoms with van der Waals surface area (Å²) in [5, 5.41) is 80.4. The Morgan fingerprint density at radius 2 is 1.21 bits per heavy atom. The Bertz CT molecular complexity index is 2740. The molecule has 5 heterocycles. The number of ether oxygens (including phenoxy) is 15. The molecule has 0 unspecified atom stereocenters. The van der Waals surface area contributed by atoms with Gasteiger partial charge >= 0.3 is 17.9 Å². The van der Waals surface area contributed by atoms with Gasteiger partial charge in [-0.25, -0.2) is 0 Å². The molecule has 25 atom stereocenters.